The molecular formula is C16H25BrN2O. The van der Waals surface area contributed by atoms with Gasteiger partial charge in [0.25, 0.3) is 0 Å². The smallest absolute Gasteiger partial charge is 0.157 e. The molecule has 3 nitrogen and oxygen atoms in total. The lowest BCUT2D eigenvalue weighted by Crippen LogP contribution is -2.54. The highest BCUT2D eigenvalue weighted by Gasteiger charge is 2.38. The molecule has 1 rings (SSSR count). The highest BCUT2D eigenvalue weighted by Crippen LogP contribution is 2.27. The average molecular weight is 341 g/mol. The van der Waals surface area contributed by atoms with Gasteiger partial charge in [0.05, 0.1) is 5.54 Å². The van der Waals surface area contributed by atoms with Gasteiger partial charge in [-0.25, -0.2) is 0 Å². The molecule has 0 saturated heterocycles. The van der Waals surface area contributed by atoms with E-state index in [1.54, 1.807) is 12.4 Å². The predicted octanol–water partition coefficient (Wildman–Crippen LogP) is 3.86. The molecule has 0 radical (unpaired) electrons. The number of rotatable bonds is 8. The van der Waals surface area contributed by atoms with E-state index in [9.17, 15) is 4.79 Å². The van der Waals surface area contributed by atoms with Gasteiger partial charge in [0.15, 0.2) is 5.78 Å². The van der Waals surface area contributed by atoms with Crippen molar-refractivity contribution < 1.29 is 4.79 Å². The van der Waals surface area contributed by atoms with E-state index in [4.69, 9.17) is 0 Å². The molecule has 0 spiro atoms. The highest BCUT2D eigenvalue weighted by molar-refractivity contribution is 9.10. The molecule has 4 heteroatoms. The maximum atomic E-state index is 12.9. The minimum atomic E-state index is -0.341. The number of nitrogens with zero attached hydrogens (tertiary/aromatic N) is 2. The van der Waals surface area contributed by atoms with Crippen LogP contribution in [0.5, 0.6) is 0 Å². The molecule has 0 fully saturated rings. The first kappa shape index (κ1) is 17.3. The summed E-state index contributed by atoms with van der Waals surface area (Å²) in [4.78, 5) is 19.3. The Morgan fingerprint density at radius 2 is 1.80 bits per heavy atom. The Morgan fingerprint density at radius 1 is 1.20 bits per heavy atom. The topological polar surface area (TPSA) is 33.2 Å². The first-order valence-corrected chi connectivity index (χ1v) is 8.21. The van der Waals surface area contributed by atoms with Crippen molar-refractivity contribution in [1.82, 2.24) is 9.88 Å². The number of hydrogen-bond acceptors (Lipinski definition) is 3. The normalized spacial score (nSPS) is 11.9. The summed E-state index contributed by atoms with van der Waals surface area (Å²) >= 11 is 3.41. The van der Waals surface area contributed by atoms with E-state index < -0.39 is 0 Å². The number of pyridine rings is 1. The molecule has 0 N–H and O–H groups in total. The third kappa shape index (κ3) is 3.67. The number of carbonyl (C=O) groups is 1. The number of Topliss-reactive ketones (excluding diaryl/α,β-unsaturated/α-hetero) is 1. The van der Waals surface area contributed by atoms with Crippen LogP contribution in [0.4, 0.5) is 0 Å². The van der Waals surface area contributed by atoms with Gasteiger partial charge in [0.2, 0.25) is 0 Å². The van der Waals surface area contributed by atoms with Gasteiger partial charge in [-0.3, -0.25) is 14.7 Å². The molecule has 0 amide bonds. The molecule has 0 saturated carbocycles. The number of aromatic nitrogens is 1. The molecule has 1 aromatic heterocycles. The van der Waals surface area contributed by atoms with Crippen molar-refractivity contribution in [1.29, 1.82) is 0 Å². The van der Waals surface area contributed by atoms with Crippen molar-refractivity contribution in [3.05, 3.63) is 28.5 Å². The molecule has 1 aromatic rings. The van der Waals surface area contributed by atoms with E-state index in [-0.39, 0.29) is 5.54 Å². The Hall–Kier alpha value is -0.740. The summed E-state index contributed by atoms with van der Waals surface area (Å²) in [7, 11) is 0. The van der Waals surface area contributed by atoms with Crippen LogP contribution in [0.1, 0.15) is 46.1 Å². The lowest BCUT2D eigenvalue weighted by atomic mass is 9.83. The molecular weight excluding hydrogens is 316 g/mol. The lowest BCUT2D eigenvalue weighted by molar-refractivity contribution is -0.131. The summed E-state index contributed by atoms with van der Waals surface area (Å²) in [6.07, 6.45) is 5.67. The quantitative estimate of drug-likeness (QED) is 0.720. The van der Waals surface area contributed by atoms with Crippen molar-refractivity contribution in [2.45, 2.75) is 52.5 Å². The van der Waals surface area contributed by atoms with Crippen LogP contribution in [0.3, 0.4) is 0 Å². The second-order valence-electron chi connectivity index (χ2n) is 5.02. The minimum absolute atomic E-state index is 0.297. The molecule has 0 aliphatic rings. The van der Waals surface area contributed by atoms with Crippen LogP contribution >= 0.6 is 15.9 Å². The second-order valence-corrected chi connectivity index (χ2v) is 5.94. The van der Waals surface area contributed by atoms with Crippen molar-refractivity contribution in [3.63, 3.8) is 0 Å². The van der Waals surface area contributed by atoms with Gasteiger partial charge >= 0.3 is 0 Å². The molecule has 0 aliphatic heterocycles. The SMILES string of the molecule is CCN(CC)C(CC)(CC)C(=O)Cc1cncc(Br)c1. The van der Waals surface area contributed by atoms with E-state index in [2.05, 4.69) is 53.5 Å². The van der Waals surface area contributed by atoms with Gasteiger partial charge in [-0.15, -0.1) is 0 Å². The summed E-state index contributed by atoms with van der Waals surface area (Å²) in [5.41, 5.74) is 0.633. The zero-order chi connectivity index (χ0) is 15.2. The fourth-order valence-electron chi connectivity index (χ4n) is 3.00. The molecule has 20 heavy (non-hydrogen) atoms. The molecule has 1 heterocycles. The Morgan fingerprint density at radius 3 is 2.25 bits per heavy atom. The van der Waals surface area contributed by atoms with Gasteiger partial charge in [-0.1, -0.05) is 27.7 Å². The largest absolute Gasteiger partial charge is 0.297 e. The third-order valence-electron chi connectivity index (χ3n) is 4.18. The first-order valence-electron chi connectivity index (χ1n) is 7.41. The highest BCUT2D eigenvalue weighted by atomic mass is 79.9. The van der Waals surface area contributed by atoms with Crippen molar-refractivity contribution in [2.75, 3.05) is 13.1 Å². The van der Waals surface area contributed by atoms with Crippen LogP contribution in [0.2, 0.25) is 0 Å². The molecule has 0 aromatic carbocycles. The summed E-state index contributed by atoms with van der Waals surface area (Å²) in [6, 6.07) is 1.98. The molecule has 0 bridgehead atoms. The number of likely N-dealkylation sites (N-methyl/N-ethyl adjacent to an activating group) is 1. The number of carbonyl (C=O) groups excluding carboxylic acids is 1. The number of ketones is 1. The van der Waals surface area contributed by atoms with E-state index in [1.807, 2.05) is 6.07 Å². The standard InChI is InChI=1S/C16H25BrN2O/c1-5-16(6-2,19(7-3)8-4)15(20)10-13-9-14(17)12-18-11-13/h9,11-12H,5-8,10H2,1-4H3. The maximum Gasteiger partial charge on any atom is 0.157 e. The zero-order valence-electron chi connectivity index (χ0n) is 12.9. The predicted molar refractivity (Wildman–Crippen MR) is 86.9 cm³/mol. The number of halogens is 1. The number of hydrogen-bond donors (Lipinski definition) is 0. The van der Waals surface area contributed by atoms with E-state index >= 15 is 0 Å². The summed E-state index contributed by atoms with van der Waals surface area (Å²) in [5, 5.41) is 0. The Bertz CT molecular complexity index is 440. The van der Waals surface area contributed by atoms with Crippen LogP contribution in [-0.4, -0.2) is 34.3 Å². The Labute approximate surface area is 130 Å². The van der Waals surface area contributed by atoms with Gasteiger partial charge in [-0.05, 0) is 53.5 Å². The first-order chi connectivity index (χ1) is 9.53. The lowest BCUT2D eigenvalue weighted by Gasteiger charge is -2.41. The third-order valence-corrected chi connectivity index (χ3v) is 4.62. The van der Waals surface area contributed by atoms with Gasteiger partial charge < -0.3 is 0 Å². The van der Waals surface area contributed by atoms with Crippen LogP contribution in [0.25, 0.3) is 0 Å². The summed E-state index contributed by atoms with van der Waals surface area (Å²) in [6.45, 7) is 10.3. The van der Waals surface area contributed by atoms with Gasteiger partial charge in [-0.2, -0.15) is 0 Å². The van der Waals surface area contributed by atoms with Crippen LogP contribution in [0, 0.1) is 0 Å². The van der Waals surface area contributed by atoms with Crippen molar-refractivity contribution in [3.8, 4) is 0 Å². The van der Waals surface area contributed by atoms with Crippen LogP contribution in [0.15, 0.2) is 22.9 Å². The van der Waals surface area contributed by atoms with E-state index in [1.165, 1.54) is 0 Å². The second kappa shape index (κ2) is 7.89. The minimum Gasteiger partial charge on any atom is -0.297 e. The zero-order valence-corrected chi connectivity index (χ0v) is 14.5. The maximum absolute atomic E-state index is 12.9. The van der Waals surface area contributed by atoms with Gasteiger partial charge in [0.1, 0.15) is 0 Å². The van der Waals surface area contributed by atoms with E-state index in [0.29, 0.717) is 12.2 Å². The van der Waals surface area contributed by atoms with Crippen molar-refractivity contribution >= 4 is 21.7 Å². The average Bonchev–Trinajstić information content (AvgIpc) is 2.44. The molecule has 112 valence electrons. The summed E-state index contributed by atoms with van der Waals surface area (Å²) < 4.78 is 0.921. The van der Waals surface area contributed by atoms with Crippen molar-refractivity contribution in [2.24, 2.45) is 0 Å². The monoisotopic (exact) mass is 340 g/mol. The Balaban J connectivity index is 3.00. The fraction of sp³-hybridized carbons (Fsp3) is 0.625. The Kier molecular flexibility index (Phi) is 6.83. The van der Waals surface area contributed by atoms with Crippen LogP contribution < -0.4 is 0 Å². The van der Waals surface area contributed by atoms with Gasteiger partial charge in [0, 0.05) is 23.3 Å². The molecule has 0 unspecified atom stereocenters. The fourth-order valence-corrected chi connectivity index (χ4v) is 3.41. The molecule has 0 aliphatic carbocycles. The molecule has 0 atom stereocenters. The van der Waals surface area contributed by atoms with E-state index in [0.717, 1.165) is 36.0 Å². The summed E-state index contributed by atoms with van der Waals surface area (Å²) in [5.74, 6) is 0.297. The van der Waals surface area contributed by atoms with Crippen LogP contribution in [-0.2, 0) is 11.2 Å².